The van der Waals surface area contributed by atoms with Gasteiger partial charge in [-0.25, -0.2) is 0 Å². The van der Waals surface area contributed by atoms with Crippen LogP contribution in [0.15, 0.2) is 0 Å². The number of aliphatic hydroxyl groups excluding tert-OH is 1. The smallest absolute Gasteiger partial charge is 0.234 e. The third kappa shape index (κ3) is 4.04. The van der Waals surface area contributed by atoms with E-state index in [0.29, 0.717) is 6.54 Å². The van der Waals surface area contributed by atoms with E-state index in [2.05, 4.69) is 15.5 Å². The highest BCUT2D eigenvalue weighted by molar-refractivity contribution is 5.78. The third-order valence-corrected chi connectivity index (χ3v) is 2.26. The Labute approximate surface area is 84.5 Å². The summed E-state index contributed by atoms with van der Waals surface area (Å²) in [7, 11) is 0. The van der Waals surface area contributed by atoms with Gasteiger partial charge in [-0.05, 0) is 6.92 Å². The molecule has 1 rings (SSSR count). The van der Waals surface area contributed by atoms with E-state index in [4.69, 9.17) is 5.11 Å². The molecule has 14 heavy (non-hydrogen) atoms. The van der Waals surface area contributed by atoms with Crippen LogP contribution < -0.4 is 10.6 Å². The van der Waals surface area contributed by atoms with Crippen molar-refractivity contribution in [3.8, 4) is 0 Å². The second kappa shape index (κ2) is 5.95. The highest BCUT2D eigenvalue weighted by Crippen LogP contribution is 1.91. The maximum atomic E-state index is 11.4. The van der Waals surface area contributed by atoms with Gasteiger partial charge in [0.25, 0.3) is 0 Å². The van der Waals surface area contributed by atoms with Crippen LogP contribution in [0, 0.1) is 0 Å². The van der Waals surface area contributed by atoms with Crippen LogP contribution in [0.3, 0.4) is 0 Å². The van der Waals surface area contributed by atoms with E-state index in [-0.39, 0.29) is 18.6 Å². The minimum atomic E-state index is -0.148. The molecule has 0 aromatic heterocycles. The lowest BCUT2D eigenvalue weighted by Crippen LogP contribution is -2.49. The molecule has 1 fully saturated rings. The standard InChI is InChI=1S/C9H19N3O2/c1-8(7-13)11-9(14)6-12-4-2-10-3-5-12/h8,10,13H,2-7H2,1H3,(H,11,14). The van der Waals surface area contributed by atoms with Crippen molar-refractivity contribution in [2.45, 2.75) is 13.0 Å². The number of piperazine rings is 1. The third-order valence-electron chi connectivity index (χ3n) is 2.26. The lowest BCUT2D eigenvalue weighted by atomic mass is 10.3. The van der Waals surface area contributed by atoms with Crippen LogP contribution in [-0.2, 0) is 4.79 Å². The molecule has 0 aliphatic carbocycles. The van der Waals surface area contributed by atoms with Gasteiger partial charge in [0.15, 0.2) is 0 Å². The molecule has 0 aromatic rings. The molecule has 1 unspecified atom stereocenters. The molecule has 0 bridgehead atoms. The molecule has 1 aliphatic heterocycles. The first kappa shape index (κ1) is 11.4. The molecule has 0 spiro atoms. The van der Waals surface area contributed by atoms with Crippen molar-refractivity contribution in [2.24, 2.45) is 0 Å². The van der Waals surface area contributed by atoms with Crippen molar-refractivity contribution in [1.82, 2.24) is 15.5 Å². The normalized spacial score (nSPS) is 20.4. The number of amides is 1. The van der Waals surface area contributed by atoms with Crippen molar-refractivity contribution < 1.29 is 9.90 Å². The lowest BCUT2D eigenvalue weighted by Gasteiger charge is -2.26. The van der Waals surface area contributed by atoms with Crippen LogP contribution in [0.1, 0.15) is 6.92 Å². The molecular weight excluding hydrogens is 182 g/mol. The van der Waals surface area contributed by atoms with Crippen molar-refractivity contribution in [1.29, 1.82) is 0 Å². The number of hydrogen-bond donors (Lipinski definition) is 3. The Morgan fingerprint density at radius 1 is 1.57 bits per heavy atom. The van der Waals surface area contributed by atoms with Gasteiger partial charge in [0.05, 0.1) is 13.2 Å². The average Bonchev–Trinajstić information content (AvgIpc) is 2.19. The largest absolute Gasteiger partial charge is 0.394 e. The molecule has 0 radical (unpaired) electrons. The number of carbonyl (C=O) groups excluding carboxylic acids is 1. The minimum Gasteiger partial charge on any atom is -0.394 e. The summed E-state index contributed by atoms with van der Waals surface area (Å²) in [6.45, 7) is 5.95. The summed E-state index contributed by atoms with van der Waals surface area (Å²) < 4.78 is 0. The van der Waals surface area contributed by atoms with Crippen LogP contribution in [0.4, 0.5) is 0 Å². The monoisotopic (exact) mass is 201 g/mol. The van der Waals surface area contributed by atoms with E-state index in [1.54, 1.807) is 6.92 Å². The molecule has 0 aromatic carbocycles. The van der Waals surface area contributed by atoms with Gasteiger partial charge in [0.2, 0.25) is 5.91 Å². The lowest BCUT2D eigenvalue weighted by molar-refractivity contribution is -0.123. The maximum absolute atomic E-state index is 11.4. The number of carbonyl (C=O) groups is 1. The quantitative estimate of drug-likeness (QED) is 0.512. The molecule has 5 heteroatoms. The second-order valence-electron chi connectivity index (χ2n) is 3.68. The maximum Gasteiger partial charge on any atom is 0.234 e. The Morgan fingerprint density at radius 3 is 2.79 bits per heavy atom. The fourth-order valence-electron chi connectivity index (χ4n) is 1.44. The van der Waals surface area contributed by atoms with E-state index >= 15 is 0 Å². The first-order valence-corrected chi connectivity index (χ1v) is 5.05. The molecule has 5 nitrogen and oxygen atoms in total. The molecular formula is C9H19N3O2. The Balaban J connectivity index is 2.18. The van der Waals surface area contributed by atoms with Crippen LogP contribution >= 0.6 is 0 Å². The zero-order chi connectivity index (χ0) is 10.4. The minimum absolute atomic E-state index is 0.00606. The number of nitrogens with zero attached hydrogens (tertiary/aromatic N) is 1. The Hall–Kier alpha value is -0.650. The molecule has 1 saturated heterocycles. The van der Waals surface area contributed by atoms with E-state index < -0.39 is 0 Å². The summed E-state index contributed by atoms with van der Waals surface area (Å²) in [5, 5.41) is 14.7. The Bertz CT molecular complexity index is 181. The number of rotatable bonds is 4. The fourth-order valence-corrected chi connectivity index (χ4v) is 1.44. The average molecular weight is 201 g/mol. The summed E-state index contributed by atoms with van der Waals surface area (Å²) in [5.74, 6) is -0.00606. The van der Waals surface area contributed by atoms with Gasteiger partial charge >= 0.3 is 0 Å². The predicted molar refractivity (Wildman–Crippen MR) is 54.0 cm³/mol. The molecule has 3 N–H and O–H groups in total. The van der Waals surface area contributed by atoms with Crippen molar-refractivity contribution >= 4 is 5.91 Å². The SMILES string of the molecule is CC(CO)NC(=O)CN1CCNCC1. The van der Waals surface area contributed by atoms with Gasteiger partial charge in [-0.3, -0.25) is 9.69 Å². The first-order valence-electron chi connectivity index (χ1n) is 5.05. The Morgan fingerprint density at radius 2 is 2.21 bits per heavy atom. The van der Waals surface area contributed by atoms with Gasteiger partial charge in [-0.15, -0.1) is 0 Å². The van der Waals surface area contributed by atoms with Crippen molar-refractivity contribution in [3.63, 3.8) is 0 Å². The molecule has 1 aliphatic rings. The zero-order valence-electron chi connectivity index (χ0n) is 8.62. The number of aliphatic hydroxyl groups is 1. The van der Waals surface area contributed by atoms with E-state index in [1.807, 2.05) is 0 Å². The van der Waals surface area contributed by atoms with Crippen molar-refractivity contribution in [3.05, 3.63) is 0 Å². The van der Waals surface area contributed by atoms with Crippen LogP contribution in [0.5, 0.6) is 0 Å². The molecule has 1 heterocycles. The summed E-state index contributed by atoms with van der Waals surface area (Å²) in [4.78, 5) is 13.5. The number of nitrogens with one attached hydrogen (secondary N) is 2. The first-order chi connectivity index (χ1) is 6.72. The summed E-state index contributed by atoms with van der Waals surface area (Å²) in [6, 6.07) is -0.148. The molecule has 82 valence electrons. The number of hydrogen-bond acceptors (Lipinski definition) is 4. The van der Waals surface area contributed by atoms with Gasteiger partial charge in [0, 0.05) is 32.2 Å². The van der Waals surface area contributed by atoms with Crippen LogP contribution in [-0.4, -0.2) is 61.3 Å². The summed E-state index contributed by atoms with van der Waals surface area (Å²) in [6.07, 6.45) is 0. The van der Waals surface area contributed by atoms with Gasteiger partial charge in [-0.1, -0.05) is 0 Å². The van der Waals surface area contributed by atoms with Crippen molar-refractivity contribution in [2.75, 3.05) is 39.3 Å². The predicted octanol–water partition coefficient (Wildman–Crippen LogP) is -1.61. The fraction of sp³-hybridized carbons (Fsp3) is 0.889. The highest BCUT2D eigenvalue weighted by Gasteiger charge is 2.14. The topological polar surface area (TPSA) is 64.6 Å². The Kier molecular flexibility index (Phi) is 4.86. The van der Waals surface area contributed by atoms with Crippen LogP contribution in [0.25, 0.3) is 0 Å². The highest BCUT2D eigenvalue weighted by atomic mass is 16.3. The summed E-state index contributed by atoms with van der Waals surface area (Å²) >= 11 is 0. The molecule has 1 amide bonds. The summed E-state index contributed by atoms with van der Waals surface area (Å²) in [5.41, 5.74) is 0. The van der Waals surface area contributed by atoms with Crippen LogP contribution in [0.2, 0.25) is 0 Å². The molecule has 1 atom stereocenters. The van der Waals surface area contributed by atoms with E-state index in [9.17, 15) is 4.79 Å². The van der Waals surface area contributed by atoms with Gasteiger partial charge < -0.3 is 15.7 Å². The zero-order valence-corrected chi connectivity index (χ0v) is 8.62. The van der Waals surface area contributed by atoms with Gasteiger partial charge in [0.1, 0.15) is 0 Å². The molecule has 0 saturated carbocycles. The van der Waals surface area contributed by atoms with E-state index in [0.717, 1.165) is 26.2 Å². The van der Waals surface area contributed by atoms with E-state index in [1.165, 1.54) is 0 Å². The second-order valence-corrected chi connectivity index (χ2v) is 3.68. The van der Waals surface area contributed by atoms with Gasteiger partial charge in [-0.2, -0.15) is 0 Å².